The second-order valence-electron chi connectivity index (χ2n) is 6.53. The zero-order valence-corrected chi connectivity index (χ0v) is 16.6. The van der Waals surface area contributed by atoms with Crippen LogP contribution in [-0.4, -0.2) is 47.8 Å². The summed E-state index contributed by atoms with van der Waals surface area (Å²) in [5.41, 5.74) is 2.21. The van der Waals surface area contributed by atoms with Crippen molar-refractivity contribution in [1.82, 2.24) is 25.2 Å². The van der Waals surface area contributed by atoms with Gasteiger partial charge in [0.05, 0.1) is 7.11 Å². The molecular weight excluding hydrogens is 352 g/mol. The van der Waals surface area contributed by atoms with Crippen LogP contribution < -0.4 is 15.4 Å². The highest BCUT2D eigenvalue weighted by Gasteiger charge is 2.04. The monoisotopic (exact) mass is 380 g/mol. The molecule has 0 radical (unpaired) electrons. The van der Waals surface area contributed by atoms with Crippen molar-refractivity contribution in [2.24, 2.45) is 4.99 Å². The number of aliphatic imine (C=N–C) groups is 1. The number of unbranched alkanes of at least 4 members (excludes halogenated alkanes) is 1. The maximum absolute atomic E-state index is 5.19. The first-order valence-electron chi connectivity index (χ1n) is 9.66. The van der Waals surface area contributed by atoms with Crippen LogP contribution in [0.2, 0.25) is 0 Å². The fourth-order valence-corrected chi connectivity index (χ4v) is 3.03. The van der Waals surface area contributed by atoms with E-state index in [0.29, 0.717) is 0 Å². The lowest BCUT2D eigenvalue weighted by atomic mass is 10.1. The van der Waals surface area contributed by atoms with Crippen LogP contribution in [0, 0.1) is 0 Å². The van der Waals surface area contributed by atoms with Gasteiger partial charge in [-0.2, -0.15) is 0 Å². The molecule has 0 saturated carbocycles. The SMILES string of the molecule is CN=C(NCCCCc1ccc(OC)cc1)NCCc1nnc2ccccn12. The van der Waals surface area contributed by atoms with Crippen molar-refractivity contribution in [3.63, 3.8) is 0 Å². The number of aryl methyl sites for hydroxylation is 1. The van der Waals surface area contributed by atoms with Crippen molar-refractivity contribution >= 4 is 11.6 Å². The summed E-state index contributed by atoms with van der Waals surface area (Å²) in [6.07, 6.45) is 6.05. The summed E-state index contributed by atoms with van der Waals surface area (Å²) in [5, 5.41) is 15.1. The topological polar surface area (TPSA) is 75.8 Å². The number of benzene rings is 1. The molecule has 1 aromatic carbocycles. The Balaban J connectivity index is 1.33. The lowest BCUT2D eigenvalue weighted by Gasteiger charge is -2.11. The van der Waals surface area contributed by atoms with E-state index in [9.17, 15) is 0 Å². The van der Waals surface area contributed by atoms with Crippen LogP contribution in [0.25, 0.3) is 5.65 Å². The summed E-state index contributed by atoms with van der Waals surface area (Å²) in [6.45, 7) is 1.64. The van der Waals surface area contributed by atoms with Crippen LogP contribution in [-0.2, 0) is 12.8 Å². The molecule has 148 valence electrons. The predicted octanol–water partition coefficient (Wildman–Crippen LogP) is 2.47. The number of hydrogen-bond donors (Lipinski definition) is 2. The number of fused-ring (bicyclic) bond motifs is 1. The molecule has 0 fully saturated rings. The quantitative estimate of drug-likeness (QED) is 0.339. The molecule has 0 atom stereocenters. The number of hydrogen-bond acceptors (Lipinski definition) is 4. The Labute approximate surface area is 165 Å². The van der Waals surface area contributed by atoms with Crippen LogP contribution in [0.5, 0.6) is 5.75 Å². The fraction of sp³-hybridized carbons (Fsp3) is 0.381. The van der Waals surface area contributed by atoms with Crippen LogP contribution in [0.1, 0.15) is 24.2 Å². The largest absolute Gasteiger partial charge is 0.497 e. The highest BCUT2D eigenvalue weighted by atomic mass is 16.5. The first-order chi connectivity index (χ1) is 13.8. The van der Waals surface area contributed by atoms with E-state index in [1.807, 2.05) is 40.9 Å². The van der Waals surface area contributed by atoms with Crippen molar-refractivity contribution in [3.05, 3.63) is 60.0 Å². The second kappa shape index (κ2) is 10.3. The standard InChI is InChI=1S/C21H28N6O/c1-22-21(23-14-5-3-7-17-9-11-18(28-2)12-10-17)24-15-13-20-26-25-19-8-4-6-16-27(19)20/h4,6,8-12,16H,3,5,7,13-15H2,1-2H3,(H2,22,23,24). The number of nitrogens with zero attached hydrogens (tertiary/aromatic N) is 4. The number of pyridine rings is 1. The summed E-state index contributed by atoms with van der Waals surface area (Å²) in [5.74, 6) is 2.66. The molecule has 7 nitrogen and oxygen atoms in total. The molecule has 3 rings (SSSR count). The second-order valence-corrected chi connectivity index (χ2v) is 6.53. The van der Waals surface area contributed by atoms with Gasteiger partial charge in [0.25, 0.3) is 0 Å². The zero-order chi connectivity index (χ0) is 19.6. The molecule has 0 bridgehead atoms. The first-order valence-corrected chi connectivity index (χ1v) is 9.66. The third-order valence-corrected chi connectivity index (χ3v) is 4.59. The fourth-order valence-electron chi connectivity index (χ4n) is 3.03. The highest BCUT2D eigenvalue weighted by molar-refractivity contribution is 5.79. The van der Waals surface area contributed by atoms with E-state index in [4.69, 9.17) is 4.74 Å². The number of aromatic nitrogens is 3. The van der Waals surface area contributed by atoms with Gasteiger partial charge in [-0.05, 0) is 49.1 Å². The van der Waals surface area contributed by atoms with E-state index in [-0.39, 0.29) is 0 Å². The maximum Gasteiger partial charge on any atom is 0.190 e. The van der Waals surface area contributed by atoms with Gasteiger partial charge in [-0.15, -0.1) is 10.2 Å². The Kier molecular flexibility index (Phi) is 7.23. The number of methoxy groups -OCH3 is 1. The van der Waals surface area contributed by atoms with Gasteiger partial charge in [0.2, 0.25) is 0 Å². The van der Waals surface area contributed by atoms with Crippen LogP contribution in [0.15, 0.2) is 53.7 Å². The molecule has 2 aromatic heterocycles. The van der Waals surface area contributed by atoms with E-state index >= 15 is 0 Å². The zero-order valence-electron chi connectivity index (χ0n) is 16.6. The summed E-state index contributed by atoms with van der Waals surface area (Å²) in [7, 11) is 3.48. The molecule has 28 heavy (non-hydrogen) atoms. The number of guanidine groups is 1. The van der Waals surface area contributed by atoms with Gasteiger partial charge in [0.1, 0.15) is 11.6 Å². The molecule has 2 N–H and O–H groups in total. The average Bonchev–Trinajstić information content (AvgIpc) is 3.16. The van der Waals surface area contributed by atoms with Gasteiger partial charge in [-0.25, -0.2) is 0 Å². The van der Waals surface area contributed by atoms with Gasteiger partial charge >= 0.3 is 0 Å². The van der Waals surface area contributed by atoms with Crippen molar-refractivity contribution in [1.29, 1.82) is 0 Å². The normalized spacial score (nSPS) is 11.6. The molecule has 0 aliphatic carbocycles. The Morgan fingerprint density at radius 1 is 1.00 bits per heavy atom. The average molecular weight is 380 g/mol. The summed E-state index contributed by atoms with van der Waals surface area (Å²) in [4.78, 5) is 4.28. The van der Waals surface area contributed by atoms with Crippen molar-refractivity contribution in [3.8, 4) is 5.75 Å². The van der Waals surface area contributed by atoms with Crippen molar-refractivity contribution < 1.29 is 4.74 Å². The first kappa shape index (κ1) is 19.7. The molecule has 0 spiro atoms. The maximum atomic E-state index is 5.19. The summed E-state index contributed by atoms with van der Waals surface area (Å²) < 4.78 is 7.20. The predicted molar refractivity (Wildman–Crippen MR) is 112 cm³/mol. The van der Waals surface area contributed by atoms with E-state index < -0.39 is 0 Å². The van der Waals surface area contributed by atoms with Crippen molar-refractivity contribution in [2.45, 2.75) is 25.7 Å². The number of rotatable bonds is 9. The van der Waals surface area contributed by atoms with E-state index in [1.54, 1.807) is 14.2 Å². The third kappa shape index (κ3) is 5.45. The molecule has 0 aliphatic heterocycles. The van der Waals surface area contributed by atoms with Crippen LogP contribution in [0.4, 0.5) is 0 Å². The Morgan fingerprint density at radius 3 is 2.61 bits per heavy atom. The van der Waals surface area contributed by atoms with E-state index in [1.165, 1.54) is 5.56 Å². The third-order valence-electron chi connectivity index (χ3n) is 4.59. The van der Waals surface area contributed by atoms with Gasteiger partial charge in [0, 0.05) is 32.8 Å². The Hall–Kier alpha value is -3.09. The summed E-state index contributed by atoms with van der Waals surface area (Å²) in [6, 6.07) is 14.2. The van der Waals surface area contributed by atoms with Gasteiger partial charge in [0.15, 0.2) is 11.6 Å². The highest BCUT2D eigenvalue weighted by Crippen LogP contribution is 2.13. The Morgan fingerprint density at radius 2 is 1.82 bits per heavy atom. The van der Waals surface area contributed by atoms with Crippen LogP contribution in [0.3, 0.4) is 0 Å². The van der Waals surface area contributed by atoms with Crippen LogP contribution >= 0.6 is 0 Å². The molecule has 3 aromatic rings. The van der Waals surface area contributed by atoms with E-state index in [0.717, 1.165) is 62.0 Å². The minimum Gasteiger partial charge on any atom is -0.497 e. The van der Waals surface area contributed by atoms with Crippen molar-refractivity contribution in [2.75, 3.05) is 27.2 Å². The Bertz CT molecular complexity index is 887. The molecule has 0 saturated heterocycles. The minimum absolute atomic E-state index is 0.751. The number of ether oxygens (including phenoxy) is 1. The molecule has 0 aliphatic rings. The molecule has 0 amide bonds. The molecule has 2 heterocycles. The molecule has 0 unspecified atom stereocenters. The number of nitrogens with one attached hydrogen (secondary N) is 2. The summed E-state index contributed by atoms with van der Waals surface area (Å²) >= 11 is 0. The lowest BCUT2D eigenvalue weighted by molar-refractivity contribution is 0.414. The minimum atomic E-state index is 0.751. The van der Waals surface area contributed by atoms with E-state index in [2.05, 4.69) is 38.0 Å². The molecular formula is C21H28N6O. The smallest absolute Gasteiger partial charge is 0.190 e. The van der Waals surface area contributed by atoms with Gasteiger partial charge in [-0.1, -0.05) is 18.2 Å². The van der Waals surface area contributed by atoms with Gasteiger partial charge < -0.3 is 15.4 Å². The lowest BCUT2D eigenvalue weighted by Crippen LogP contribution is -2.38. The molecule has 7 heteroatoms. The van der Waals surface area contributed by atoms with Gasteiger partial charge in [-0.3, -0.25) is 9.39 Å².